The number of anilines is 1. The molecule has 0 amide bonds. The molecule has 20 heavy (non-hydrogen) atoms. The van der Waals surface area contributed by atoms with E-state index in [0.717, 1.165) is 11.4 Å². The van der Waals surface area contributed by atoms with Crippen molar-refractivity contribution in [3.05, 3.63) is 35.1 Å². The van der Waals surface area contributed by atoms with Gasteiger partial charge in [0.1, 0.15) is 11.4 Å². The molecule has 0 aliphatic carbocycles. The maximum absolute atomic E-state index is 6.08. The fraction of sp³-hybridized carbons (Fsp3) is 0.429. The second-order valence-corrected chi connectivity index (χ2v) is 5.94. The molecule has 0 radical (unpaired) electrons. The van der Waals surface area contributed by atoms with Crippen molar-refractivity contribution in [2.45, 2.75) is 32.9 Å². The Morgan fingerprint density at radius 2 is 2.10 bits per heavy atom. The van der Waals surface area contributed by atoms with Crippen LogP contribution in [-0.2, 0) is 12.1 Å². The summed E-state index contributed by atoms with van der Waals surface area (Å²) < 4.78 is 6.97. The van der Waals surface area contributed by atoms with Gasteiger partial charge in [0.05, 0.1) is 30.4 Å². The van der Waals surface area contributed by atoms with Crippen LogP contribution in [0, 0.1) is 0 Å². The summed E-state index contributed by atoms with van der Waals surface area (Å²) in [5, 5.41) is 12.1. The summed E-state index contributed by atoms with van der Waals surface area (Å²) in [5.41, 5.74) is 1.74. The molecular formula is C14H19ClN4O. The summed E-state index contributed by atoms with van der Waals surface area (Å²) in [6, 6.07) is 5.57. The van der Waals surface area contributed by atoms with Gasteiger partial charge in [0.2, 0.25) is 0 Å². The Hall–Kier alpha value is -1.75. The molecular weight excluding hydrogens is 276 g/mol. The average molecular weight is 295 g/mol. The molecule has 0 atom stereocenters. The highest BCUT2D eigenvalue weighted by molar-refractivity contribution is 6.32. The zero-order chi connectivity index (χ0) is 14.8. The number of benzene rings is 1. The first kappa shape index (κ1) is 14.7. The first-order valence-electron chi connectivity index (χ1n) is 6.39. The number of hydrogen-bond acceptors (Lipinski definition) is 4. The quantitative estimate of drug-likeness (QED) is 0.940. The van der Waals surface area contributed by atoms with Crippen LogP contribution in [-0.4, -0.2) is 22.1 Å². The van der Waals surface area contributed by atoms with E-state index in [-0.39, 0.29) is 5.54 Å². The minimum atomic E-state index is -0.0608. The van der Waals surface area contributed by atoms with E-state index in [1.807, 2.05) is 29.1 Å². The van der Waals surface area contributed by atoms with Crippen molar-refractivity contribution in [1.29, 1.82) is 0 Å². The molecule has 0 fully saturated rings. The van der Waals surface area contributed by atoms with Crippen LogP contribution in [0.15, 0.2) is 24.4 Å². The highest BCUT2D eigenvalue weighted by Crippen LogP contribution is 2.27. The van der Waals surface area contributed by atoms with Crippen LogP contribution in [0.5, 0.6) is 5.75 Å². The maximum atomic E-state index is 6.08. The van der Waals surface area contributed by atoms with Crippen molar-refractivity contribution in [3.63, 3.8) is 0 Å². The first-order valence-corrected chi connectivity index (χ1v) is 6.77. The number of hydrogen-bond donors (Lipinski definition) is 1. The van der Waals surface area contributed by atoms with E-state index in [4.69, 9.17) is 16.3 Å². The molecule has 0 bridgehead atoms. The van der Waals surface area contributed by atoms with E-state index >= 15 is 0 Å². The van der Waals surface area contributed by atoms with Crippen LogP contribution in [0.2, 0.25) is 5.02 Å². The standard InChI is InChI=1S/C14H19ClN4O/c1-14(2,3)19-9-11(17-18-19)8-16-10-5-6-13(20-4)12(15)7-10/h5-7,9,16H,8H2,1-4H3. The van der Waals surface area contributed by atoms with E-state index in [2.05, 4.69) is 36.4 Å². The molecule has 0 spiro atoms. The average Bonchev–Trinajstić information content (AvgIpc) is 2.85. The second-order valence-electron chi connectivity index (χ2n) is 5.53. The van der Waals surface area contributed by atoms with Gasteiger partial charge in [-0.25, -0.2) is 4.68 Å². The zero-order valence-corrected chi connectivity index (χ0v) is 12.9. The second kappa shape index (κ2) is 5.71. The lowest BCUT2D eigenvalue weighted by Gasteiger charge is -2.17. The van der Waals surface area contributed by atoms with E-state index in [1.165, 1.54) is 0 Å². The molecule has 1 heterocycles. The fourth-order valence-electron chi connectivity index (χ4n) is 1.68. The van der Waals surface area contributed by atoms with Crippen LogP contribution < -0.4 is 10.1 Å². The smallest absolute Gasteiger partial charge is 0.137 e. The molecule has 6 heteroatoms. The number of nitrogens with one attached hydrogen (secondary N) is 1. The monoisotopic (exact) mass is 294 g/mol. The molecule has 108 valence electrons. The molecule has 0 aliphatic rings. The van der Waals surface area contributed by atoms with Crippen LogP contribution in [0.1, 0.15) is 26.5 Å². The third kappa shape index (κ3) is 3.42. The van der Waals surface area contributed by atoms with Gasteiger partial charge >= 0.3 is 0 Å². The van der Waals surface area contributed by atoms with Gasteiger partial charge < -0.3 is 10.1 Å². The highest BCUT2D eigenvalue weighted by atomic mass is 35.5. The molecule has 5 nitrogen and oxygen atoms in total. The van der Waals surface area contributed by atoms with Crippen molar-refractivity contribution in [1.82, 2.24) is 15.0 Å². The molecule has 0 unspecified atom stereocenters. The number of rotatable bonds is 4. The Kier molecular flexibility index (Phi) is 4.18. The number of ether oxygens (including phenoxy) is 1. The van der Waals surface area contributed by atoms with Crippen molar-refractivity contribution in [2.24, 2.45) is 0 Å². The lowest BCUT2D eigenvalue weighted by atomic mass is 10.1. The summed E-state index contributed by atoms with van der Waals surface area (Å²) >= 11 is 6.08. The Morgan fingerprint density at radius 3 is 2.65 bits per heavy atom. The molecule has 0 aliphatic heterocycles. The van der Waals surface area contributed by atoms with Gasteiger partial charge in [0, 0.05) is 5.69 Å². The predicted octanol–water partition coefficient (Wildman–Crippen LogP) is 3.31. The molecule has 1 aromatic heterocycles. The SMILES string of the molecule is COc1ccc(NCc2cn(C(C)(C)C)nn2)cc1Cl. The van der Waals surface area contributed by atoms with Crippen LogP contribution in [0.3, 0.4) is 0 Å². The molecule has 1 aromatic carbocycles. The summed E-state index contributed by atoms with van der Waals surface area (Å²) in [6.45, 7) is 6.85. The number of nitrogens with zero attached hydrogens (tertiary/aromatic N) is 3. The Morgan fingerprint density at radius 1 is 1.35 bits per heavy atom. The summed E-state index contributed by atoms with van der Waals surface area (Å²) in [4.78, 5) is 0. The summed E-state index contributed by atoms with van der Waals surface area (Å²) in [7, 11) is 1.60. The van der Waals surface area contributed by atoms with E-state index < -0.39 is 0 Å². The van der Waals surface area contributed by atoms with E-state index in [0.29, 0.717) is 17.3 Å². The molecule has 2 rings (SSSR count). The third-order valence-corrected chi connectivity index (χ3v) is 3.15. The van der Waals surface area contributed by atoms with Gasteiger partial charge in [-0.2, -0.15) is 0 Å². The van der Waals surface area contributed by atoms with Crippen LogP contribution in [0.4, 0.5) is 5.69 Å². The Bertz CT molecular complexity index is 589. The summed E-state index contributed by atoms with van der Waals surface area (Å²) in [6.07, 6.45) is 1.94. The van der Waals surface area contributed by atoms with Crippen molar-refractivity contribution in [2.75, 3.05) is 12.4 Å². The fourth-order valence-corrected chi connectivity index (χ4v) is 1.93. The van der Waals surface area contributed by atoms with Gasteiger partial charge in [0.15, 0.2) is 0 Å². The van der Waals surface area contributed by atoms with E-state index in [1.54, 1.807) is 7.11 Å². The molecule has 1 N–H and O–H groups in total. The molecule has 0 saturated carbocycles. The van der Waals surface area contributed by atoms with Crippen molar-refractivity contribution >= 4 is 17.3 Å². The first-order chi connectivity index (χ1) is 9.40. The minimum Gasteiger partial charge on any atom is -0.495 e. The number of halogens is 1. The maximum Gasteiger partial charge on any atom is 0.137 e. The van der Waals surface area contributed by atoms with Gasteiger partial charge in [-0.05, 0) is 39.0 Å². The van der Waals surface area contributed by atoms with Crippen molar-refractivity contribution in [3.8, 4) is 5.75 Å². The van der Waals surface area contributed by atoms with E-state index in [9.17, 15) is 0 Å². The Balaban J connectivity index is 2.02. The number of aromatic nitrogens is 3. The molecule has 2 aromatic rings. The lowest BCUT2D eigenvalue weighted by molar-refractivity contribution is 0.347. The zero-order valence-electron chi connectivity index (χ0n) is 12.1. The van der Waals surface area contributed by atoms with Crippen LogP contribution >= 0.6 is 11.6 Å². The predicted molar refractivity (Wildman–Crippen MR) is 80.3 cm³/mol. The largest absolute Gasteiger partial charge is 0.495 e. The number of methoxy groups -OCH3 is 1. The topological polar surface area (TPSA) is 52.0 Å². The van der Waals surface area contributed by atoms with Gasteiger partial charge in [-0.15, -0.1) is 5.10 Å². The Labute approximate surface area is 123 Å². The van der Waals surface area contributed by atoms with Gasteiger partial charge in [-0.3, -0.25) is 0 Å². The van der Waals surface area contributed by atoms with Gasteiger partial charge in [0.25, 0.3) is 0 Å². The lowest BCUT2D eigenvalue weighted by Crippen LogP contribution is -2.22. The van der Waals surface area contributed by atoms with Crippen molar-refractivity contribution < 1.29 is 4.74 Å². The normalized spacial score (nSPS) is 11.4. The minimum absolute atomic E-state index is 0.0608. The summed E-state index contributed by atoms with van der Waals surface area (Å²) in [5.74, 6) is 0.663. The highest BCUT2D eigenvalue weighted by Gasteiger charge is 2.14. The van der Waals surface area contributed by atoms with Gasteiger partial charge in [-0.1, -0.05) is 16.8 Å². The molecule has 0 saturated heterocycles. The third-order valence-electron chi connectivity index (χ3n) is 2.85. The van der Waals surface area contributed by atoms with Crippen LogP contribution in [0.25, 0.3) is 0 Å².